The largest absolute Gasteiger partial charge is 0.344 e. The van der Waals surface area contributed by atoms with Crippen LogP contribution in [0, 0.1) is 0 Å². The summed E-state index contributed by atoms with van der Waals surface area (Å²) in [6, 6.07) is 0. The first-order valence-corrected chi connectivity index (χ1v) is 7.49. The molecule has 4 heterocycles. The highest BCUT2D eigenvalue weighted by Gasteiger charge is 2.26. The first-order valence-electron chi connectivity index (χ1n) is 7.49. The van der Waals surface area contributed by atoms with Gasteiger partial charge in [-0.2, -0.15) is 5.10 Å². The standard InChI is InChI=1S/C15H17N7O/c1-20-9-12(7-19-20)22-5-4-21(10-13(22)23)8-11-6-18-15-14(11)16-2-3-17-15/h2-3,6-7,9H,4-5,8,10H2,1H3,(H,17,18). The van der Waals surface area contributed by atoms with Gasteiger partial charge < -0.3 is 9.88 Å². The van der Waals surface area contributed by atoms with E-state index < -0.39 is 0 Å². The summed E-state index contributed by atoms with van der Waals surface area (Å²) in [7, 11) is 1.85. The average molecular weight is 311 g/mol. The second-order valence-corrected chi connectivity index (χ2v) is 5.70. The molecule has 23 heavy (non-hydrogen) atoms. The van der Waals surface area contributed by atoms with Crippen LogP contribution < -0.4 is 4.90 Å². The van der Waals surface area contributed by atoms with Gasteiger partial charge in [0.05, 0.1) is 18.4 Å². The van der Waals surface area contributed by atoms with Crippen molar-refractivity contribution in [1.82, 2.24) is 29.6 Å². The van der Waals surface area contributed by atoms with Gasteiger partial charge in [-0.15, -0.1) is 0 Å². The predicted molar refractivity (Wildman–Crippen MR) is 84.7 cm³/mol. The van der Waals surface area contributed by atoms with Gasteiger partial charge in [-0.25, -0.2) is 4.98 Å². The van der Waals surface area contributed by atoms with E-state index in [0.717, 1.165) is 29.0 Å². The van der Waals surface area contributed by atoms with Crippen molar-refractivity contribution in [2.45, 2.75) is 6.54 Å². The van der Waals surface area contributed by atoms with Crippen LogP contribution >= 0.6 is 0 Å². The maximum absolute atomic E-state index is 12.4. The number of carbonyl (C=O) groups is 1. The van der Waals surface area contributed by atoms with Crippen molar-refractivity contribution in [3.8, 4) is 0 Å². The molecule has 0 saturated carbocycles. The Morgan fingerprint density at radius 2 is 2.13 bits per heavy atom. The molecule has 3 aromatic heterocycles. The summed E-state index contributed by atoms with van der Waals surface area (Å²) in [6.07, 6.45) is 8.86. The zero-order valence-electron chi connectivity index (χ0n) is 12.8. The van der Waals surface area contributed by atoms with Crippen LogP contribution in [0.1, 0.15) is 5.56 Å². The highest BCUT2D eigenvalue weighted by molar-refractivity contribution is 5.95. The number of fused-ring (bicyclic) bond motifs is 1. The van der Waals surface area contributed by atoms with E-state index >= 15 is 0 Å². The number of hydrogen-bond acceptors (Lipinski definition) is 5. The fraction of sp³-hybridized carbons (Fsp3) is 0.333. The molecule has 1 amide bonds. The van der Waals surface area contributed by atoms with Crippen LogP contribution in [0.4, 0.5) is 5.69 Å². The van der Waals surface area contributed by atoms with E-state index in [1.54, 1.807) is 28.2 Å². The minimum atomic E-state index is 0.0928. The fourth-order valence-electron chi connectivity index (χ4n) is 2.94. The van der Waals surface area contributed by atoms with E-state index in [-0.39, 0.29) is 5.91 Å². The van der Waals surface area contributed by atoms with Crippen molar-refractivity contribution in [3.63, 3.8) is 0 Å². The summed E-state index contributed by atoms with van der Waals surface area (Å²) >= 11 is 0. The number of amides is 1. The van der Waals surface area contributed by atoms with Gasteiger partial charge >= 0.3 is 0 Å². The van der Waals surface area contributed by atoms with Crippen LogP contribution in [-0.2, 0) is 18.4 Å². The van der Waals surface area contributed by atoms with Crippen LogP contribution in [0.15, 0.2) is 31.0 Å². The summed E-state index contributed by atoms with van der Waals surface area (Å²) in [4.78, 5) is 28.1. The Bertz CT molecular complexity index is 852. The van der Waals surface area contributed by atoms with E-state index in [0.29, 0.717) is 19.6 Å². The van der Waals surface area contributed by atoms with Gasteiger partial charge in [-0.05, 0) is 0 Å². The molecular weight excluding hydrogens is 294 g/mol. The highest BCUT2D eigenvalue weighted by atomic mass is 16.2. The zero-order valence-corrected chi connectivity index (χ0v) is 12.8. The number of piperazine rings is 1. The molecule has 1 saturated heterocycles. The quantitative estimate of drug-likeness (QED) is 0.763. The third-order valence-corrected chi connectivity index (χ3v) is 4.08. The molecule has 118 valence electrons. The SMILES string of the molecule is Cn1cc(N2CCN(Cc3c[nH]c4nccnc34)CC2=O)cn1. The van der Waals surface area contributed by atoms with Crippen LogP contribution in [0.2, 0.25) is 0 Å². The van der Waals surface area contributed by atoms with Crippen molar-refractivity contribution in [1.29, 1.82) is 0 Å². The predicted octanol–water partition coefficient (Wildman–Crippen LogP) is 0.540. The third-order valence-electron chi connectivity index (χ3n) is 4.08. The number of nitrogens with zero attached hydrogens (tertiary/aromatic N) is 6. The van der Waals surface area contributed by atoms with E-state index in [1.165, 1.54) is 0 Å². The molecule has 0 aliphatic carbocycles. The van der Waals surface area contributed by atoms with Gasteiger partial charge in [0.15, 0.2) is 5.65 Å². The van der Waals surface area contributed by atoms with Gasteiger partial charge in [0.2, 0.25) is 5.91 Å². The monoisotopic (exact) mass is 311 g/mol. The minimum Gasteiger partial charge on any atom is -0.344 e. The van der Waals surface area contributed by atoms with Crippen LogP contribution in [0.25, 0.3) is 11.2 Å². The van der Waals surface area contributed by atoms with Gasteiger partial charge in [-0.3, -0.25) is 19.4 Å². The summed E-state index contributed by atoms with van der Waals surface area (Å²) in [5.41, 5.74) is 3.57. The number of aryl methyl sites for hydroxylation is 1. The maximum atomic E-state index is 12.4. The summed E-state index contributed by atoms with van der Waals surface area (Å²) < 4.78 is 1.71. The highest BCUT2D eigenvalue weighted by Crippen LogP contribution is 2.19. The molecule has 1 N–H and O–H groups in total. The second-order valence-electron chi connectivity index (χ2n) is 5.70. The van der Waals surface area contributed by atoms with Gasteiger partial charge in [0.1, 0.15) is 5.52 Å². The Morgan fingerprint density at radius 3 is 2.91 bits per heavy atom. The summed E-state index contributed by atoms with van der Waals surface area (Å²) in [5, 5.41) is 4.13. The number of carbonyl (C=O) groups excluding carboxylic acids is 1. The lowest BCUT2D eigenvalue weighted by atomic mass is 10.2. The number of nitrogens with one attached hydrogen (secondary N) is 1. The van der Waals surface area contributed by atoms with E-state index in [9.17, 15) is 4.79 Å². The molecule has 1 aliphatic heterocycles. The first kappa shape index (κ1) is 13.9. The van der Waals surface area contributed by atoms with Crippen molar-refractivity contribution in [2.24, 2.45) is 7.05 Å². The molecule has 3 aromatic rings. The molecule has 0 radical (unpaired) electrons. The fourth-order valence-corrected chi connectivity index (χ4v) is 2.94. The van der Waals surface area contributed by atoms with Crippen LogP contribution in [0.3, 0.4) is 0 Å². The lowest BCUT2D eigenvalue weighted by Gasteiger charge is -2.33. The molecule has 0 spiro atoms. The van der Waals surface area contributed by atoms with Gasteiger partial charge in [0.25, 0.3) is 0 Å². The summed E-state index contributed by atoms with van der Waals surface area (Å²) in [5.74, 6) is 0.0928. The smallest absolute Gasteiger partial charge is 0.241 e. The number of aromatic nitrogens is 5. The molecule has 8 nitrogen and oxygen atoms in total. The van der Waals surface area contributed by atoms with E-state index in [2.05, 4.69) is 25.0 Å². The molecule has 0 unspecified atom stereocenters. The van der Waals surface area contributed by atoms with E-state index in [4.69, 9.17) is 0 Å². The second kappa shape index (κ2) is 5.47. The lowest BCUT2D eigenvalue weighted by molar-refractivity contribution is -0.121. The summed E-state index contributed by atoms with van der Waals surface area (Å²) in [6.45, 7) is 2.55. The Balaban J connectivity index is 1.47. The molecule has 1 fully saturated rings. The maximum Gasteiger partial charge on any atom is 0.241 e. The topological polar surface area (TPSA) is 82.9 Å². The number of rotatable bonds is 3. The van der Waals surface area contributed by atoms with Crippen LogP contribution in [0.5, 0.6) is 0 Å². The molecular formula is C15H17N7O. The number of aromatic amines is 1. The van der Waals surface area contributed by atoms with E-state index in [1.807, 2.05) is 19.4 Å². The van der Waals surface area contributed by atoms with Crippen molar-refractivity contribution < 1.29 is 4.79 Å². The van der Waals surface area contributed by atoms with Crippen molar-refractivity contribution >= 4 is 22.8 Å². The molecule has 0 atom stereocenters. The Kier molecular flexibility index (Phi) is 3.30. The molecule has 1 aliphatic rings. The Hall–Kier alpha value is -2.74. The van der Waals surface area contributed by atoms with Crippen LogP contribution in [-0.4, -0.2) is 55.2 Å². The minimum absolute atomic E-state index is 0.0928. The molecule has 0 bridgehead atoms. The lowest BCUT2D eigenvalue weighted by Crippen LogP contribution is -2.50. The van der Waals surface area contributed by atoms with Crippen molar-refractivity contribution in [2.75, 3.05) is 24.5 Å². The first-order chi connectivity index (χ1) is 11.2. The normalized spacial score (nSPS) is 16.4. The number of anilines is 1. The molecule has 4 rings (SSSR count). The Morgan fingerprint density at radius 1 is 1.26 bits per heavy atom. The van der Waals surface area contributed by atoms with Crippen molar-refractivity contribution in [3.05, 3.63) is 36.5 Å². The number of H-pyrrole nitrogens is 1. The molecule has 8 heteroatoms. The zero-order chi connectivity index (χ0) is 15.8. The third kappa shape index (κ3) is 2.57. The Labute approximate surface area is 132 Å². The van der Waals surface area contributed by atoms with Gasteiger partial charge in [0, 0.05) is 57.0 Å². The number of hydrogen-bond donors (Lipinski definition) is 1. The van der Waals surface area contributed by atoms with Gasteiger partial charge in [-0.1, -0.05) is 0 Å². The average Bonchev–Trinajstić information content (AvgIpc) is 3.15. The molecule has 0 aromatic carbocycles.